The molecule has 0 spiro atoms. The van der Waals surface area contributed by atoms with Gasteiger partial charge in [-0.05, 0) is 30.3 Å². The van der Waals surface area contributed by atoms with Crippen molar-refractivity contribution in [2.45, 2.75) is 12.6 Å². The molecule has 3 aromatic rings. The molecule has 0 amide bonds. The minimum atomic E-state index is -0.780. The number of aromatic nitrogens is 2. The SMILES string of the molecule is Cn1c(=O)n(CC(O)COc2cccc(Br)c2)c2ccccc21. The van der Waals surface area contributed by atoms with E-state index >= 15 is 0 Å². The Morgan fingerprint density at radius 1 is 1.17 bits per heavy atom. The van der Waals surface area contributed by atoms with Crippen molar-refractivity contribution in [3.8, 4) is 5.75 Å². The second-order valence-corrected chi connectivity index (χ2v) is 6.28. The maximum absolute atomic E-state index is 12.3. The van der Waals surface area contributed by atoms with E-state index < -0.39 is 6.10 Å². The van der Waals surface area contributed by atoms with Crippen LogP contribution in [0.3, 0.4) is 0 Å². The highest BCUT2D eigenvalue weighted by atomic mass is 79.9. The van der Waals surface area contributed by atoms with Gasteiger partial charge in [0, 0.05) is 11.5 Å². The number of aliphatic hydroxyl groups excluding tert-OH is 1. The molecule has 23 heavy (non-hydrogen) atoms. The van der Waals surface area contributed by atoms with Crippen molar-refractivity contribution in [2.24, 2.45) is 7.05 Å². The molecule has 0 aliphatic heterocycles. The lowest BCUT2D eigenvalue weighted by Gasteiger charge is -2.13. The molecule has 120 valence electrons. The molecular weight excluding hydrogens is 360 g/mol. The Balaban J connectivity index is 1.74. The van der Waals surface area contributed by atoms with Crippen molar-refractivity contribution in [1.29, 1.82) is 0 Å². The lowest BCUT2D eigenvalue weighted by atomic mass is 10.3. The molecule has 2 aromatic carbocycles. The zero-order valence-corrected chi connectivity index (χ0v) is 14.2. The summed E-state index contributed by atoms with van der Waals surface area (Å²) in [6, 6.07) is 14.9. The van der Waals surface area contributed by atoms with Gasteiger partial charge in [0.1, 0.15) is 18.5 Å². The Kier molecular flexibility index (Phi) is 4.54. The van der Waals surface area contributed by atoms with Gasteiger partial charge in [-0.3, -0.25) is 9.13 Å². The zero-order chi connectivity index (χ0) is 16.4. The number of fused-ring (bicyclic) bond motifs is 1. The average Bonchev–Trinajstić information content (AvgIpc) is 2.79. The van der Waals surface area contributed by atoms with E-state index in [1.165, 1.54) is 0 Å². The largest absolute Gasteiger partial charge is 0.491 e. The van der Waals surface area contributed by atoms with Crippen LogP contribution in [-0.2, 0) is 13.6 Å². The molecule has 0 saturated carbocycles. The molecular formula is C17H17BrN2O3. The highest BCUT2D eigenvalue weighted by molar-refractivity contribution is 9.10. The lowest BCUT2D eigenvalue weighted by molar-refractivity contribution is 0.0925. The van der Waals surface area contributed by atoms with Crippen LogP contribution in [0, 0.1) is 0 Å². The maximum Gasteiger partial charge on any atom is 0.328 e. The quantitative estimate of drug-likeness (QED) is 0.744. The summed E-state index contributed by atoms with van der Waals surface area (Å²) in [5, 5.41) is 10.2. The van der Waals surface area contributed by atoms with Crippen LogP contribution in [0.15, 0.2) is 57.8 Å². The number of nitrogens with zero attached hydrogens (tertiary/aromatic N) is 2. The predicted molar refractivity (Wildman–Crippen MR) is 92.8 cm³/mol. The first kappa shape index (κ1) is 15.8. The fourth-order valence-corrected chi connectivity index (χ4v) is 2.93. The van der Waals surface area contributed by atoms with Gasteiger partial charge in [0.05, 0.1) is 17.6 Å². The summed E-state index contributed by atoms with van der Waals surface area (Å²) in [5.41, 5.74) is 1.51. The predicted octanol–water partition coefficient (Wildman–Crippen LogP) is 2.54. The van der Waals surface area contributed by atoms with Crippen LogP contribution >= 0.6 is 15.9 Å². The molecule has 1 aromatic heterocycles. The second kappa shape index (κ2) is 6.60. The fraction of sp³-hybridized carbons (Fsp3) is 0.235. The summed E-state index contributed by atoms with van der Waals surface area (Å²) in [4.78, 5) is 12.3. The number of aliphatic hydroxyl groups is 1. The zero-order valence-electron chi connectivity index (χ0n) is 12.6. The minimum absolute atomic E-state index is 0.117. The van der Waals surface area contributed by atoms with Gasteiger partial charge in [0.2, 0.25) is 0 Å². The molecule has 3 rings (SSSR count). The Labute approximate surface area is 141 Å². The molecule has 0 radical (unpaired) electrons. The van der Waals surface area contributed by atoms with Crippen molar-refractivity contribution in [1.82, 2.24) is 9.13 Å². The van der Waals surface area contributed by atoms with Crippen LogP contribution in [0.4, 0.5) is 0 Å². The van der Waals surface area contributed by atoms with E-state index in [1.54, 1.807) is 16.2 Å². The van der Waals surface area contributed by atoms with Crippen molar-refractivity contribution < 1.29 is 9.84 Å². The van der Waals surface area contributed by atoms with Crippen molar-refractivity contribution in [3.05, 3.63) is 63.5 Å². The van der Waals surface area contributed by atoms with E-state index in [-0.39, 0.29) is 18.8 Å². The number of para-hydroxylation sites is 2. The van der Waals surface area contributed by atoms with E-state index in [2.05, 4.69) is 15.9 Å². The monoisotopic (exact) mass is 376 g/mol. The molecule has 0 saturated heterocycles. The molecule has 1 unspecified atom stereocenters. The number of benzene rings is 2. The van der Waals surface area contributed by atoms with Gasteiger partial charge >= 0.3 is 5.69 Å². The number of hydrogen-bond acceptors (Lipinski definition) is 3. The smallest absolute Gasteiger partial charge is 0.328 e. The maximum atomic E-state index is 12.3. The first-order valence-corrected chi connectivity index (χ1v) is 8.06. The molecule has 0 aliphatic rings. The summed E-state index contributed by atoms with van der Waals surface area (Å²) >= 11 is 3.37. The highest BCUT2D eigenvalue weighted by Gasteiger charge is 2.14. The molecule has 6 heteroatoms. The van der Waals surface area contributed by atoms with Gasteiger partial charge in [-0.15, -0.1) is 0 Å². The number of halogens is 1. The van der Waals surface area contributed by atoms with Gasteiger partial charge in [-0.2, -0.15) is 0 Å². The highest BCUT2D eigenvalue weighted by Crippen LogP contribution is 2.18. The Morgan fingerprint density at radius 3 is 2.65 bits per heavy atom. The van der Waals surface area contributed by atoms with Crippen LogP contribution in [0.1, 0.15) is 0 Å². The van der Waals surface area contributed by atoms with Crippen LogP contribution in [0.5, 0.6) is 5.75 Å². The van der Waals surface area contributed by atoms with Gasteiger partial charge < -0.3 is 9.84 Å². The topological polar surface area (TPSA) is 56.4 Å². The number of ether oxygens (including phenoxy) is 1. The first-order chi connectivity index (χ1) is 11.1. The third-order valence-electron chi connectivity index (χ3n) is 3.68. The van der Waals surface area contributed by atoms with E-state index in [9.17, 15) is 9.90 Å². The van der Waals surface area contributed by atoms with Crippen LogP contribution < -0.4 is 10.4 Å². The molecule has 1 heterocycles. The summed E-state index contributed by atoms with van der Waals surface area (Å²) < 4.78 is 9.64. The molecule has 0 aliphatic carbocycles. The standard InChI is InChI=1S/C17H17BrN2O3/c1-19-15-7-2-3-8-16(15)20(17(19)22)10-13(21)11-23-14-6-4-5-12(18)9-14/h2-9,13,21H,10-11H2,1H3. The molecule has 1 atom stereocenters. The summed E-state index contributed by atoms with van der Waals surface area (Å²) in [6.07, 6.45) is -0.780. The third kappa shape index (κ3) is 3.33. The van der Waals surface area contributed by atoms with Crippen molar-refractivity contribution in [2.75, 3.05) is 6.61 Å². The minimum Gasteiger partial charge on any atom is -0.491 e. The molecule has 0 bridgehead atoms. The van der Waals surface area contributed by atoms with Crippen molar-refractivity contribution in [3.63, 3.8) is 0 Å². The van der Waals surface area contributed by atoms with E-state index in [0.29, 0.717) is 5.75 Å². The molecule has 0 fully saturated rings. The van der Waals surface area contributed by atoms with Crippen LogP contribution in [-0.4, -0.2) is 27.0 Å². The number of hydrogen-bond donors (Lipinski definition) is 1. The normalized spacial score (nSPS) is 12.5. The summed E-state index contributed by atoms with van der Waals surface area (Å²) in [6.45, 7) is 0.306. The van der Waals surface area contributed by atoms with Gasteiger partial charge in [-0.25, -0.2) is 4.79 Å². The van der Waals surface area contributed by atoms with Crippen molar-refractivity contribution >= 4 is 27.0 Å². The summed E-state index contributed by atoms with van der Waals surface area (Å²) in [5.74, 6) is 0.670. The molecule has 5 nitrogen and oxygen atoms in total. The van der Waals surface area contributed by atoms with Crippen LogP contribution in [0.2, 0.25) is 0 Å². The van der Waals surface area contributed by atoms with E-state index in [0.717, 1.165) is 15.5 Å². The van der Waals surface area contributed by atoms with Gasteiger partial charge in [0.25, 0.3) is 0 Å². The first-order valence-electron chi connectivity index (χ1n) is 7.27. The van der Waals surface area contributed by atoms with Gasteiger partial charge in [0.15, 0.2) is 0 Å². The number of aryl methyl sites for hydroxylation is 1. The lowest BCUT2D eigenvalue weighted by Crippen LogP contribution is -2.30. The number of rotatable bonds is 5. The number of imidazole rings is 1. The Bertz CT molecular complexity index is 885. The fourth-order valence-electron chi connectivity index (χ4n) is 2.55. The second-order valence-electron chi connectivity index (χ2n) is 5.36. The van der Waals surface area contributed by atoms with E-state index in [1.807, 2.05) is 48.5 Å². The average molecular weight is 377 g/mol. The van der Waals surface area contributed by atoms with Gasteiger partial charge in [-0.1, -0.05) is 34.1 Å². The summed E-state index contributed by atoms with van der Waals surface area (Å²) in [7, 11) is 1.73. The Hall–Kier alpha value is -2.05. The van der Waals surface area contributed by atoms with Crippen LogP contribution in [0.25, 0.3) is 11.0 Å². The molecule has 1 N–H and O–H groups in total. The third-order valence-corrected chi connectivity index (χ3v) is 4.18. The Morgan fingerprint density at radius 2 is 1.91 bits per heavy atom. The van der Waals surface area contributed by atoms with E-state index in [4.69, 9.17) is 4.74 Å².